The average Bonchev–Trinajstić information content (AvgIpc) is 2.74. The molecule has 2 unspecified atom stereocenters. The number of fused-ring (bicyclic) bond motifs is 1. The van der Waals surface area contributed by atoms with Gasteiger partial charge in [0.25, 0.3) is 5.91 Å². The second kappa shape index (κ2) is 8.06. The number of nitrogens with zero attached hydrogens (tertiary/aromatic N) is 3. The molecule has 2 atom stereocenters. The van der Waals surface area contributed by atoms with E-state index in [1.807, 2.05) is 54.6 Å². The van der Waals surface area contributed by atoms with Crippen molar-refractivity contribution in [2.45, 2.75) is 18.4 Å². The number of amides is 2. The summed E-state index contributed by atoms with van der Waals surface area (Å²) >= 11 is 0. The fraction of sp³-hybridized carbons (Fsp3) is 0.217. The van der Waals surface area contributed by atoms with Crippen LogP contribution in [0.2, 0.25) is 0 Å². The number of hydrogen-bond donors (Lipinski definition) is 2. The molecule has 31 heavy (non-hydrogen) atoms. The molecule has 1 aromatic heterocycles. The molecule has 0 saturated heterocycles. The lowest BCUT2D eigenvalue weighted by molar-refractivity contribution is -0.117. The van der Waals surface area contributed by atoms with Gasteiger partial charge in [0.15, 0.2) is 11.4 Å². The molecule has 0 aliphatic carbocycles. The molecule has 8 heteroatoms. The van der Waals surface area contributed by atoms with Gasteiger partial charge in [0.1, 0.15) is 0 Å². The molecule has 0 bridgehead atoms. The number of rotatable bonds is 5. The number of hydrogen-bond acceptors (Lipinski definition) is 5. The Hall–Kier alpha value is -3.94. The summed E-state index contributed by atoms with van der Waals surface area (Å²) < 4.78 is 1.44. The Balaban J connectivity index is 1.91. The number of likely N-dealkylation sites (N-methyl/N-ethyl adjacent to an activating group) is 1. The molecule has 2 aromatic carbocycles. The quantitative estimate of drug-likeness (QED) is 0.650. The average molecular weight is 418 g/mol. The van der Waals surface area contributed by atoms with Crippen molar-refractivity contribution < 1.29 is 14.7 Å². The predicted octanol–water partition coefficient (Wildman–Crippen LogP) is 1.44. The van der Waals surface area contributed by atoms with Gasteiger partial charge < -0.3 is 15.7 Å². The van der Waals surface area contributed by atoms with E-state index in [1.54, 1.807) is 7.05 Å². The minimum Gasteiger partial charge on any atom is -0.502 e. The number of carbonyl (C=O) groups excluding carboxylic acids is 2. The van der Waals surface area contributed by atoms with Crippen LogP contribution < -0.4 is 11.2 Å². The molecule has 3 N–H and O–H groups in total. The molecule has 0 spiro atoms. The minimum absolute atomic E-state index is 0.112. The lowest BCUT2D eigenvalue weighted by Gasteiger charge is -2.37. The second-order valence-corrected chi connectivity index (χ2v) is 7.68. The van der Waals surface area contributed by atoms with Gasteiger partial charge in [-0.15, -0.1) is 0 Å². The summed E-state index contributed by atoms with van der Waals surface area (Å²) in [6, 6.07) is 16.9. The van der Waals surface area contributed by atoms with Gasteiger partial charge in [0.2, 0.25) is 11.3 Å². The summed E-state index contributed by atoms with van der Waals surface area (Å²) in [6.07, 6.45) is 1.14. The number of benzene rings is 2. The Bertz CT molecular complexity index is 1210. The Morgan fingerprint density at radius 1 is 1.16 bits per heavy atom. The zero-order chi connectivity index (χ0) is 22.1. The maximum atomic E-state index is 12.7. The summed E-state index contributed by atoms with van der Waals surface area (Å²) in [5.41, 5.74) is 7.21. The molecule has 1 aliphatic rings. The van der Waals surface area contributed by atoms with Crippen molar-refractivity contribution in [3.8, 4) is 5.75 Å². The van der Waals surface area contributed by atoms with Crippen molar-refractivity contribution in [2.75, 3.05) is 13.6 Å². The van der Waals surface area contributed by atoms with E-state index in [2.05, 4.69) is 5.10 Å². The highest BCUT2D eigenvalue weighted by molar-refractivity contribution is 5.95. The lowest BCUT2D eigenvalue weighted by Crippen LogP contribution is -2.45. The van der Waals surface area contributed by atoms with Crippen LogP contribution in [0.15, 0.2) is 65.6 Å². The molecule has 158 valence electrons. The standard InChI is InChI=1S/C23H22N4O4/c1-26-13-17(27-21(23(26)31)22(30)18(28)12-25-27)20(15-7-3-2-4-8-15)16-9-5-6-14(10-16)11-19(24)29/h2-10,12,17,20,30H,11,13H2,1H3,(H2,24,29). The summed E-state index contributed by atoms with van der Waals surface area (Å²) in [6.45, 7) is 0.320. The van der Waals surface area contributed by atoms with E-state index < -0.39 is 29.0 Å². The van der Waals surface area contributed by atoms with Crippen molar-refractivity contribution >= 4 is 11.8 Å². The normalized spacial score (nSPS) is 16.6. The van der Waals surface area contributed by atoms with E-state index in [0.717, 1.165) is 22.9 Å². The highest BCUT2D eigenvalue weighted by atomic mass is 16.3. The van der Waals surface area contributed by atoms with Crippen LogP contribution in [0.1, 0.15) is 39.1 Å². The molecule has 1 aliphatic heterocycles. The summed E-state index contributed by atoms with van der Waals surface area (Å²) in [5.74, 6) is -1.76. The van der Waals surface area contributed by atoms with Gasteiger partial charge in [-0.05, 0) is 16.7 Å². The molecule has 2 amide bonds. The van der Waals surface area contributed by atoms with Crippen LogP contribution in [-0.4, -0.2) is 45.2 Å². The monoisotopic (exact) mass is 418 g/mol. The first-order valence-electron chi connectivity index (χ1n) is 9.85. The first kappa shape index (κ1) is 20.3. The number of aromatic nitrogens is 2. The second-order valence-electron chi connectivity index (χ2n) is 7.68. The van der Waals surface area contributed by atoms with Crippen LogP contribution in [0, 0.1) is 0 Å². The Kier molecular flexibility index (Phi) is 5.29. The molecule has 0 fully saturated rings. The van der Waals surface area contributed by atoms with Gasteiger partial charge in [-0.25, -0.2) is 0 Å². The molecule has 3 aromatic rings. The Morgan fingerprint density at radius 3 is 2.58 bits per heavy atom. The van der Waals surface area contributed by atoms with Crippen molar-refractivity contribution in [3.63, 3.8) is 0 Å². The minimum atomic E-state index is -0.701. The van der Waals surface area contributed by atoms with Crippen LogP contribution in [0.3, 0.4) is 0 Å². The van der Waals surface area contributed by atoms with Crippen LogP contribution in [-0.2, 0) is 11.2 Å². The van der Waals surface area contributed by atoms with Gasteiger partial charge >= 0.3 is 0 Å². The third-order valence-corrected chi connectivity index (χ3v) is 5.54. The van der Waals surface area contributed by atoms with E-state index in [1.165, 1.54) is 9.58 Å². The highest BCUT2D eigenvalue weighted by Gasteiger charge is 2.38. The smallest absolute Gasteiger partial charge is 0.275 e. The maximum Gasteiger partial charge on any atom is 0.275 e. The number of nitrogens with two attached hydrogens (primary N) is 1. The zero-order valence-corrected chi connectivity index (χ0v) is 16.9. The zero-order valence-electron chi connectivity index (χ0n) is 16.9. The molecule has 0 saturated carbocycles. The van der Waals surface area contributed by atoms with Gasteiger partial charge in [0, 0.05) is 19.5 Å². The van der Waals surface area contributed by atoms with E-state index in [0.29, 0.717) is 6.54 Å². The molecule has 0 radical (unpaired) electrons. The first-order chi connectivity index (χ1) is 14.9. The van der Waals surface area contributed by atoms with E-state index in [9.17, 15) is 19.5 Å². The van der Waals surface area contributed by atoms with Crippen molar-refractivity contribution in [1.82, 2.24) is 14.7 Å². The SMILES string of the molecule is CN1CC(C(c2ccccc2)c2cccc(CC(N)=O)c2)n2ncc(=O)c(O)c2C1=O. The van der Waals surface area contributed by atoms with E-state index in [4.69, 9.17) is 5.73 Å². The largest absolute Gasteiger partial charge is 0.502 e. The third kappa shape index (κ3) is 3.79. The molecular formula is C23H22N4O4. The third-order valence-electron chi connectivity index (χ3n) is 5.54. The van der Waals surface area contributed by atoms with Crippen molar-refractivity contribution in [3.05, 3.63) is 93.4 Å². The van der Waals surface area contributed by atoms with Gasteiger partial charge in [-0.3, -0.25) is 19.1 Å². The van der Waals surface area contributed by atoms with Crippen molar-refractivity contribution in [2.24, 2.45) is 5.73 Å². The number of primary amides is 1. The highest BCUT2D eigenvalue weighted by Crippen LogP contribution is 2.39. The summed E-state index contributed by atoms with van der Waals surface area (Å²) in [4.78, 5) is 37.6. The van der Waals surface area contributed by atoms with Gasteiger partial charge in [-0.1, -0.05) is 54.6 Å². The van der Waals surface area contributed by atoms with E-state index >= 15 is 0 Å². The van der Waals surface area contributed by atoms with Gasteiger partial charge in [0.05, 0.1) is 18.7 Å². The summed E-state index contributed by atoms with van der Waals surface area (Å²) in [5, 5.41) is 14.6. The molecule has 2 heterocycles. The van der Waals surface area contributed by atoms with Crippen LogP contribution >= 0.6 is 0 Å². The van der Waals surface area contributed by atoms with Gasteiger partial charge in [-0.2, -0.15) is 5.10 Å². The predicted molar refractivity (Wildman–Crippen MR) is 114 cm³/mol. The Labute approximate surface area is 178 Å². The molecular weight excluding hydrogens is 396 g/mol. The molecule has 4 rings (SSSR count). The van der Waals surface area contributed by atoms with Crippen LogP contribution in [0.25, 0.3) is 0 Å². The fourth-order valence-corrected chi connectivity index (χ4v) is 4.17. The maximum absolute atomic E-state index is 12.7. The fourth-order valence-electron chi connectivity index (χ4n) is 4.17. The summed E-state index contributed by atoms with van der Waals surface area (Å²) in [7, 11) is 1.63. The first-order valence-corrected chi connectivity index (χ1v) is 9.85. The lowest BCUT2D eigenvalue weighted by atomic mass is 9.83. The number of carbonyl (C=O) groups is 2. The van der Waals surface area contributed by atoms with Crippen molar-refractivity contribution in [1.29, 1.82) is 0 Å². The van der Waals surface area contributed by atoms with Crippen LogP contribution in [0.4, 0.5) is 0 Å². The van der Waals surface area contributed by atoms with Crippen LogP contribution in [0.5, 0.6) is 5.75 Å². The topological polar surface area (TPSA) is 119 Å². The van der Waals surface area contributed by atoms with E-state index in [-0.39, 0.29) is 18.0 Å². The number of aromatic hydroxyl groups is 1. The Morgan fingerprint density at radius 2 is 1.87 bits per heavy atom. The molecule has 8 nitrogen and oxygen atoms in total.